The zero-order valence-electron chi connectivity index (χ0n) is 10.0. The standard InChI is InChI=1S/C9H10.C4H12N/c1-3-9-7-5-4-6-8(9)2;1-5(2,3)4/h3-7H,1H2,2H3;1-4H3/q;+1. The average molecular weight is 192 g/mol. The summed E-state index contributed by atoms with van der Waals surface area (Å²) < 4.78 is 1.00. The number of quaternary nitrogens is 1. The molecule has 0 aliphatic rings. The number of hydrogen-bond acceptors (Lipinski definition) is 0. The molecular weight excluding hydrogens is 170 g/mol. The van der Waals surface area contributed by atoms with Gasteiger partial charge in [0.15, 0.2) is 0 Å². The predicted octanol–water partition coefficient (Wildman–Crippen LogP) is 2.96. The number of aryl methyl sites for hydroxylation is 1. The first-order chi connectivity index (χ1) is 6.34. The minimum Gasteiger partial charge on any atom is -0.333 e. The van der Waals surface area contributed by atoms with Gasteiger partial charge in [-0.2, -0.15) is 0 Å². The molecule has 0 aliphatic heterocycles. The summed E-state index contributed by atoms with van der Waals surface area (Å²) in [5.41, 5.74) is 2.50. The molecule has 78 valence electrons. The van der Waals surface area contributed by atoms with E-state index in [9.17, 15) is 0 Å². The summed E-state index contributed by atoms with van der Waals surface area (Å²) in [6.45, 7) is 5.77. The van der Waals surface area contributed by atoms with E-state index in [0.717, 1.165) is 4.48 Å². The van der Waals surface area contributed by atoms with E-state index in [1.807, 2.05) is 18.2 Å². The SMILES string of the molecule is C=Cc1ccccc1C.C[N+](C)(C)C. The summed E-state index contributed by atoms with van der Waals surface area (Å²) in [6, 6.07) is 8.19. The first-order valence-corrected chi connectivity index (χ1v) is 4.81. The van der Waals surface area contributed by atoms with Gasteiger partial charge in [0.1, 0.15) is 0 Å². The first-order valence-electron chi connectivity index (χ1n) is 4.81. The lowest BCUT2D eigenvalue weighted by atomic mass is 10.1. The van der Waals surface area contributed by atoms with Gasteiger partial charge in [-0.05, 0) is 18.1 Å². The van der Waals surface area contributed by atoms with Crippen molar-refractivity contribution in [2.75, 3.05) is 28.2 Å². The van der Waals surface area contributed by atoms with Crippen LogP contribution in [0.25, 0.3) is 6.08 Å². The fraction of sp³-hybridized carbons (Fsp3) is 0.385. The van der Waals surface area contributed by atoms with Crippen LogP contribution in [0.15, 0.2) is 30.8 Å². The molecule has 0 unspecified atom stereocenters. The van der Waals surface area contributed by atoms with Crippen molar-refractivity contribution in [3.05, 3.63) is 42.0 Å². The van der Waals surface area contributed by atoms with Gasteiger partial charge in [0.2, 0.25) is 0 Å². The van der Waals surface area contributed by atoms with Gasteiger partial charge in [0, 0.05) is 0 Å². The van der Waals surface area contributed by atoms with Crippen molar-refractivity contribution in [2.24, 2.45) is 0 Å². The highest BCUT2D eigenvalue weighted by molar-refractivity contribution is 5.50. The first kappa shape index (κ1) is 12.9. The second-order valence-corrected chi connectivity index (χ2v) is 4.74. The predicted molar refractivity (Wildman–Crippen MR) is 65.2 cm³/mol. The van der Waals surface area contributed by atoms with Crippen LogP contribution in [0.3, 0.4) is 0 Å². The molecule has 0 bridgehead atoms. The van der Waals surface area contributed by atoms with E-state index in [2.05, 4.69) is 53.8 Å². The van der Waals surface area contributed by atoms with Crippen molar-refractivity contribution in [2.45, 2.75) is 6.92 Å². The molecule has 0 atom stereocenters. The van der Waals surface area contributed by atoms with Crippen LogP contribution in [0.2, 0.25) is 0 Å². The number of benzene rings is 1. The molecule has 0 N–H and O–H groups in total. The lowest BCUT2D eigenvalue weighted by molar-refractivity contribution is -0.849. The Morgan fingerprint density at radius 3 is 1.79 bits per heavy atom. The topological polar surface area (TPSA) is 0 Å². The second-order valence-electron chi connectivity index (χ2n) is 4.74. The van der Waals surface area contributed by atoms with Crippen LogP contribution in [0.4, 0.5) is 0 Å². The summed E-state index contributed by atoms with van der Waals surface area (Å²) in [4.78, 5) is 0. The molecule has 1 rings (SSSR count). The van der Waals surface area contributed by atoms with Crippen molar-refractivity contribution in [3.63, 3.8) is 0 Å². The molecule has 0 amide bonds. The molecule has 0 saturated heterocycles. The highest BCUT2D eigenvalue weighted by Gasteiger charge is 1.88. The van der Waals surface area contributed by atoms with Gasteiger partial charge in [0.25, 0.3) is 0 Å². The Kier molecular flexibility index (Phi) is 5.18. The summed E-state index contributed by atoms with van der Waals surface area (Å²) in [5, 5.41) is 0. The molecule has 0 saturated carbocycles. The van der Waals surface area contributed by atoms with E-state index >= 15 is 0 Å². The number of nitrogens with zero attached hydrogens (tertiary/aromatic N) is 1. The van der Waals surface area contributed by atoms with Gasteiger partial charge < -0.3 is 4.48 Å². The Hall–Kier alpha value is -1.08. The van der Waals surface area contributed by atoms with Crippen molar-refractivity contribution < 1.29 is 4.48 Å². The van der Waals surface area contributed by atoms with Crippen LogP contribution in [0.1, 0.15) is 11.1 Å². The smallest absolute Gasteiger partial charge is 0.0675 e. The van der Waals surface area contributed by atoms with Crippen LogP contribution in [-0.2, 0) is 0 Å². The molecular formula is C13H22N+. The Balaban J connectivity index is 0.000000292. The zero-order valence-corrected chi connectivity index (χ0v) is 10.0. The van der Waals surface area contributed by atoms with Crippen molar-refractivity contribution in [1.29, 1.82) is 0 Å². The fourth-order valence-electron chi connectivity index (χ4n) is 0.816. The molecule has 0 radical (unpaired) electrons. The summed E-state index contributed by atoms with van der Waals surface area (Å²) >= 11 is 0. The highest BCUT2D eigenvalue weighted by Crippen LogP contribution is 2.06. The van der Waals surface area contributed by atoms with Crippen molar-refractivity contribution >= 4 is 6.08 Å². The minimum atomic E-state index is 1.00. The zero-order chi connectivity index (χ0) is 11.2. The average Bonchev–Trinajstić information content (AvgIpc) is 2.02. The monoisotopic (exact) mass is 192 g/mol. The minimum absolute atomic E-state index is 1.00. The van der Waals surface area contributed by atoms with Crippen LogP contribution in [0, 0.1) is 6.92 Å². The Morgan fingerprint density at radius 2 is 1.50 bits per heavy atom. The molecule has 0 aromatic heterocycles. The lowest BCUT2D eigenvalue weighted by Crippen LogP contribution is -2.27. The van der Waals surface area contributed by atoms with Gasteiger partial charge >= 0.3 is 0 Å². The van der Waals surface area contributed by atoms with E-state index < -0.39 is 0 Å². The molecule has 1 nitrogen and oxygen atoms in total. The van der Waals surface area contributed by atoms with E-state index in [0.29, 0.717) is 0 Å². The third-order valence-corrected chi connectivity index (χ3v) is 1.41. The van der Waals surface area contributed by atoms with Crippen LogP contribution in [0.5, 0.6) is 0 Å². The molecule has 0 aliphatic carbocycles. The van der Waals surface area contributed by atoms with Crippen molar-refractivity contribution in [1.82, 2.24) is 0 Å². The second kappa shape index (κ2) is 5.61. The molecule has 1 heteroatoms. The van der Waals surface area contributed by atoms with Gasteiger partial charge in [-0.25, -0.2) is 0 Å². The summed E-state index contributed by atoms with van der Waals surface area (Å²) in [7, 11) is 8.50. The lowest BCUT2D eigenvalue weighted by Gasteiger charge is -2.14. The van der Waals surface area contributed by atoms with Gasteiger partial charge in [-0.15, -0.1) is 0 Å². The van der Waals surface area contributed by atoms with Gasteiger partial charge in [0.05, 0.1) is 28.2 Å². The van der Waals surface area contributed by atoms with Crippen LogP contribution >= 0.6 is 0 Å². The number of rotatable bonds is 1. The van der Waals surface area contributed by atoms with Crippen molar-refractivity contribution in [3.8, 4) is 0 Å². The molecule has 0 heterocycles. The summed E-state index contributed by atoms with van der Waals surface area (Å²) in [5.74, 6) is 0. The van der Waals surface area contributed by atoms with Gasteiger partial charge in [-0.3, -0.25) is 0 Å². The van der Waals surface area contributed by atoms with Gasteiger partial charge in [-0.1, -0.05) is 36.9 Å². The molecule has 14 heavy (non-hydrogen) atoms. The van der Waals surface area contributed by atoms with E-state index in [1.165, 1.54) is 11.1 Å². The highest BCUT2D eigenvalue weighted by atomic mass is 15.2. The molecule has 0 fully saturated rings. The Morgan fingerprint density at radius 1 is 1.07 bits per heavy atom. The number of hydrogen-bond donors (Lipinski definition) is 0. The molecule has 1 aromatic rings. The largest absolute Gasteiger partial charge is 0.333 e. The molecule has 0 spiro atoms. The normalized spacial score (nSPS) is 10.1. The van der Waals surface area contributed by atoms with Crippen LogP contribution in [-0.4, -0.2) is 32.7 Å². The van der Waals surface area contributed by atoms with Crippen LogP contribution < -0.4 is 0 Å². The third-order valence-electron chi connectivity index (χ3n) is 1.41. The maximum absolute atomic E-state index is 3.69. The van der Waals surface area contributed by atoms with E-state index in [-0.39, 0.29) is 0 Å². The Labute approximate surface area is 88.3 Å². The summed E-state index contributed by atoms with van der Waals surface area (Å²) in [6.07, 6.45) is 1.87. The third kappa shape index (κ3) is 7.56. The quantitative estimate of drug-likeness (QED) is 0.600. The Bertz CT molecular complexity index is 276. The van der Waals surface area contributed by atoms with E-state index in [4.69, 9.17) is 0 Å². The van der Waals surface area contributed by atoms with E-state index in [1.54, 1.807) is 0 Å². The maximum atomic E-state index is 3.69. The molecule has 1 aromatic carbocycles. The fourth-order valence-corrected chi connectivity index (χ4v) is 0.816. The maximum Gasteiger partial charge on any atom is 0.0675 e.